The van der Waals surface area contributed by atoms with Crippen LogP contribution >= 0.6 is 28.1 Å². The summed E-state index contributed by atoms with van der Waals surface area (Å²) >= 11 is 8.62. The molecule has 150 valence electrons. The molecule has 0 radical (unpaired) electrons. The van der Waals surface area contributed by atoms with E-state index in [2.05, 4.69) is 31.5 Å². The SMILES string of the molecule is Cc1cc(NC(=S)NC(=O)c2cccc(Br)c2)cc(-c2nc3ccccc3o2)c1O. The number of amides is 1. The molecule has 4 aromatic rings. The minimum atomic E-state index is -0.330. The molecule has 0 saturated heterocycles. The highest BCUT2D eigenvalue weighted by molar-refractivity contribution is 9.10. The van der Waals surface area contributed by atoms with Crippen LogP contribution in [0.25, 0.3) is 22.6 Å². The van der Waals surface area contributed by atoms with Crippen LogP contribution in [0, 0.1) is 6.92 Å². The van der Waals surface area contributed by atoms with Crippen molar-refractivity contribution in [3.8, 4) is 17.2 Å². The standard InChI is InChI=1S/C22H16BrN3O3S/c1-12-9-15(24-22(30)26-20(28)13-5-4-6-14(23)10-13)11-16(19(12)27)21-25-17-7-2-3-8-18(17)29-21/h2-11,27H,1H3,(H2,24,26,28,30). The molecule has 0 atom stereocenters. The van der Waals surface area contributed by atoms with E-state index in [1.807, 2.05) is 30.3 Å². The second kappa shape index (κ2) is 8.25. The van der Waals surface area contributed by atoms with Crippen LogP contribution in [0.1, 0.15) is 15.9 Å². The van der Waals surface area contributed by atoms with Crippen LogP contribution in [0.2, 0.25) is 0 Å². The average molecular weight is 482 g/mol. The molecule has 30 heavy (non-hydrogen) atoms. The molecule has 0 aliphatic heterocycles. The van der Waals surface area contributed by atoms with Crippen molar-refractivity contribution >= 4 is 56.0 Å². The zero-order valence-corrected chi connectivity index (χ0v) is 18.2. The summed E-state index contributed by atoms with van der Waals surface area (Å²) < 4.78 is 6.57. The lowest BCUT2D eigenvalue weighted by molar-refractivity contribution is 0.0977. The van der Waals surface area contributed by atoms with E-state index < -0.39 is 0 Å². The Labute approximate surface area is 186 Å². The first-order chi connectivity index (χ1) is 14.4. The number of halogens is 1. The Hall–Kier alpha value is -3.23. The summed E-state index contributed by atoms with van der Waals surface area (Å²) in [5.41, 5.74) is 3.41. The van der Waals surface area contributed by atoms with Crippen molar-refractivity contribution < 1.29 is 14.3 Å². The Kier molecular flexibility index (Phi) is 5.52. The Balaban J connectivity index is 1.57. The molecule has 0 aliphatic carbocycles. The predicted molar refractivity (Wildman–Crippen MR) is 124 cm³/mol. The van der Waals surface area contributed by atoms with E-state index in [0.29, 0.717) is 39.4 Å². The molecule has 1 heterocycles. The maximum atomic E-state index is 12.4. The normalized spacial score (nSPS) is 10.7. The van der Waals surface area contributed by atoms with Gasteiger partial charge in [0.1, 0.15) is 11.3 Å². The number of rotatable bonds is 3. The minimum absolute atomic E-state index is 0.0659. The van der Waals surface area contributed by atoms with Gasteiger partial charge in [-0.15, -0.1) is 0 Å². The second-order valence-corrected chi connectivity index (χ2v) is 7.92. The molecular formula is C22H16BrN3O3S. The monoisotopic (exact) mass is 481 g/mol. The molecule has 1 aromatic heterocycles. The third kappa shape index (κ3) is 4.19. The molecule has 0 saturated carbocycles. The lowest BCUT2D eigenvalue weighted by Gasteiger charge is -2.12. The zero-order valence-electron chi connectivity index (χ0n) is 15.8. The molecule has 0 unspecified atom stereocenters. The number of fused-ring (bicyclic) bond motifs is 1. The first-order valence-electron chi connectivity index (χ1n) is 8.98. The lowest BCUT2D eigenvalue weighted by Crippen LogP contribution is -2.34. The second-order valence-electron chi connectivity index (χ2n) is 6.59. The number of anilines is 1. The van der Waals surface area contributed by atoms with Gasteiger partial charge in [-0.1, -0.05) is 34.1 Å². The Morgan fingerprint density at radius 1 is 1.13 bits per heavy atom. The molecule has 1 amide bonds. The van der Waals surface area contributed by atoms with Crippen LogP contribution in [0.4, 0.5) is 5.69 Å². The fourth-order valence-corrected chi connectivity index (χ4v) is 3.58. The third-order valence-electron chi connectivity index (χ3n) is 4.40. The van der Waals surface area contributed by atoms with Gasteiger partial charge < -0.3 is 14.8 Å². The number of aromatic hydroxyl groups is 1. The van der Waals surface area contributed by atoms with Gasteiger partial charge in [-0.05, 0) is 67.2 Å². The Morgan fingerprint density at radius 3 is 2.70 bits per heavy atom. The summed E-state index contributed by atoms with van der Waals surface area (Å²) in [6.45, 7) is 1.76. The summed E-state index contributed by atoms with van der Waals surface area (Å²) in [6.07, 6.45) is 0. The highest BCUT2D eigenvalue weighted by atomic mass is 79.9. The molecular weight excluding hydrogens is 466 g/mol. The van der Waals surface area contributed by atoms with Crippen molar-refractivity contribution in [1.82, 2.24) is 10.3 Å². The van der Waals surface area contributed by atoms with Gasteiger partial charge >= 0.3 is 0 Å². The summed E-state index contributed by atoms with van der Waals surface area (Å²) in [5.74, 6) is 0.0317. The summed E-state index contributed by atoms with van der Waals surface area (Å²) in [6, 6.07) is 17.8. The molecule has 4 rings (SSSR count). The van der Waals surface area contributed by atoms with Crippen molar-refractivity contribution in [3.05, 3.63) is 76.3 Å². The number of aromatic nitrogens is 1. The third-order valence-corrected chi connectivity index (χ3v) is 5.09. The molecule has 0 spiro atoms. The number of hydrogen-bond acceptors (Lipinski definition) is 5. The van der Waals surface area contributed by atoms with Crippen LogP contribution in [-0.2, 0) is 0 Å². The van der Waals surface area contributed by atoms with Gasteiger partial charge in [0, 0.05) is 15.7 Å². The fourth-order valence-electron chi connectivity index (χ4n) is 2.97. The van der Waals surface area contributed by atoms with Gasteiger partial charge in [-0.3, -0.25) is 10.1 Å². The van der Waals surface area contributed by atoms with Crippen LogP contribution < -0.4 is 10.6 Å². The number of para-hydroxylation sites is 2. The van der Waals surface area contributed by atoms with Crippen LogP contribution in [-0.4, -0.2) is 21.1 Å². The van der Waals surface area contributed by atoms with Gasteiger partial charge in [-0.25, -0.2) is 4.98 Å². The van der Waals surface area contributed by atoms with Crippen molar-refractivity contribution in [2.24, 2.45) is 0 Å². The highest BCUT2D eigenvalue weighted by Crippen LogP contribution is 2.36. The van der Waals surface area contributed by atoms with E-state index in [-0.39, 0.29) is 16.8 Å². The number of carbonyl (C=O) groups is 1. The maximum absolute atomic E-state index is 12.4. The fraction of sp³-hybridized carbons (Fsp3) is 0.0455. The number of oxazole rings is 1. The number of phenolic OH excluding ortho intramolecular Hbond substituents is 1. The molecule has 0 aliphatic rings. The number of nitrogens with zero attached hydrogens (tertiary/aromatic N) is 1. The summed E-state index contributed by atoms with van der Waals surface area (Å²) in [4.78, 5) is 16.8. The summed E-state index contributed by atoms with van der Waals surface area (Å²) in [5, 5.41) is 16.3. The molecule has 3 aromatic carbocycles. The smallest absolute Gasteiger partial charge is 0.257 e. The number of benzene rings is 3. The largest absolute Gasteiger partial charge is 0.507 e. The van der Waals surface area contributed by atoms with E-state index in [9.17, 15) is 9.90 Å². The van der Waals surface area contributed by atoms with Gasteiger partial charge in [0.25, 0.3) is 5.91 Å². The van der Waals surface area contributed by atoms with E-state index in [1.165, 1.54) is 0 Å². The van der Waals surface area contributed by atoms with E-state index >= 15 is 0 Å². The number of thiocarbonyl (C=S) groups is 1. The zero-order chi connectivity index (χ0) is 21.3. The van der Waals surface area contributed by atoms with E-state index in [0.717, 1.165) is 4.47 Å². The van der Waals surface area contributed by atoms with Crippen LogP contribution in [0.3, 0.4) is 0 Å². The molecule has 3 N–H and O–H groups in total. The van der Waals surface area contributed by atoms with Crippen LogP contribution in [0.5, 0.6) is 5.75 Å². The number of nitrogens with one attached hydrogen (secondary N) is 2. The van der Waals surface area contributed by atoms with Gasteiger partial charge in [0.2, 0.25) is 5.89 Å². The first-order valence-corrected chi connectivity index (χ1v) is 10.2. The van der Waals surface area contributed by atoms with Gasteiger partial charge in [0.05, 0.1) is 5.56 Å². The molecule has 0 bridgehead atoms. The van der Waals surface area contributed by atoms with Crippen molar-refractivity contribution in [2.75, 3.05) is 5.32 Å². The van der Waals surface area contributed by atoms with E-state index in [4.69, 9.17) is 16.6 Å². The molecule has 6 nitrogen and oxygen atoms in total. The Morgan fingerprint density at radius 2 is 1.93 bits per heavy atom. The van der Waals surface area contributed by atoms with E-state index in [1.54, 1.807) is 37.3 Å². The Bertz CT molecular complexity index is 1250. The first kappa shape index (κ1) is 20.1. The number of hydrogen-bond donors (Lipinski definition) is 3. The van der Waals surface area contributed by atoms with Crippen molar-refractivity contribution in [1.29, 1.82) is 0 Å². The maximum Gasteiger partial charge on any atom is 0.257 e. The number of carbonyl (C=O) groups excluding carboxylic acids is 1. The highest BCUT2D eigenvalue weighted by Gasteiger charge is 2.16. The number of aryl methyl sites for hydroxylation is 1. The lowest BCUT2D eigenvalue weighted by atomic mass is 10.1. The van der Waals surface area contributed by atoms with Crippen molar-refractivity contribution in [2.45, 2.75) is 6.92 Å². The van der Waals surface area contributed by atoms with Gasteiger partial charge in [-0.2, -0.15) is 0 Å². The predicted octanol–water partition coefficient (Wildman–Crippen LogP) is 5.40. The van der Waals surface area contributed by atoms with Gasteiger partial charge in [0.15, 0.2) is 10.7 Å². The van der Waals surface area contributed by atoms with Crippen molar-refractivity contribution in [3.63, 3.8) is 0 Å². The topological polar surface area (TPSA) is 87.4 Å². The minimum Gasteiger partial charge on any atom is -0.507 e. The quantitative estimate of drug-likeness (QED) is 0.268. The summed E-state index contributed by atoms with van der Waals surface area (Å²) in [7, 11) is 0. The molecule has 0 fully saturated rings. The molecule has 8 heteroatoms. The number of phenols is 1. The van der Waals surface area contributed by atoms with Crippen LogP contribution in [0.15, 0.2) is 69.6 Å². The average Bonchev–Trinajstić information content (AvgIpc) is 3.14.